The molecule has 0 aliphatic heterocycles. The van der Waals surface area contributed by atoms with Gasteiger partial charge in [-0.1, -0.05) is 0 Å². The zero-order chi connectivity index (χ0) is 12.4. The third-order valence-electron chi connectivity index (χ3n) is 2.10. The van der Waals surface area contributed by atoms with Crippen molar-refractivity contribution in [3.05, 3.63) is 0 Å². The summed E-state index contributed by atoms with van der Waals surface area (Å²) < 4.78 is 23.1. The molecule has 16 heavy (non-hydrogen) atoms. The summed E-state index contributed by atoms with van der Waals surface area (Å²) in [5.41, 5.74) is 0. The van der Waals surface area contributed by atoms with Crippen LogP contribution in [0.1, 0.15) is 19.3 Å². The number of unbranched alkanes of at least 4 members (excludes halogenated alkanes) is 1. The molecule has 0 aromatic carbocycles. The Hall–Kier alpha value is -0.290. The Kier molecular flexibility index (Phi) is 8.66. The first kappa shape index (κ1) is 15.7. The van der Waals surface area contributed by atoms with Crippen LogP contribution in [-0.4, -0.2) is 57.2 Å². The highest BCUT2D eigenvalue weighted by molar-refractivity contribution is 7.91. The molecule has 6 heteroatoms. The standard InChI is InChI=1S/C10H20N2O2S2/c1-12(2)7-5-9-16(13,14)8-4-3-6-11-10-15/h3-9H2,1-2H3. The zero-order valence-corrected chi connectivity index (χ0v) is 11.6. The lowest BCUT2D eigenvalue weighted by Crippen LogP contribution is -2.18. The summed E-state index contributed by atoms with van der Waals surface area (Å²) in [6.45, 7) is 1.39. The van der Waals surface area contributed by atoms with Gasteiger partial charge in [-0.25, -0.2) is 13.4 Å². The highest BCUT2D eigenvalue weighted by Gasteiger charge is 2.09. The Morgan fingerprint density at radius 3 is 2.38 bits per heavy atom. The van der Waals surface area contributed by atoms with E-state index >= 15 is 0 Å². The summed E-state index contributed by atoms with van der Waals surface area (Å²) in [4.78, 5) is 5.73. The van der Waals surface area contributed by atoms with Gasteiger partial charge in [-0.3, -0.25) is 0 Å². The first-order valence-electron chi connectivity index (χ1n) is 5.37. The quantitative estimate of drug-likeness (QED) is 0.357. The van der Waals surface area contributed by atoms with E-state index in [1.54, 1.807) is 0 Å². The second kappa shape index (κ2) is 8.82. The van der Waals surface area contributed by atoms with Crippen LogP contribution in [0.4, 0.5) is 0 Å². The summed E-state index contributed by atoms with van der Waals surface area (Å²) in [5.74, 6) is 0.537. The molecule has 94 valence electrons. The Bertz CT molecular complexity index is 320. The average molecular weight is 264 g/mol. The predicted octanol–water partition coefficient (Wildman–Crippen LogP) is 1.24. The Labute approximate surface area is 104 Å². The van der Waals surface area contributed by atoms with Crippen molar-refractivity contribution in [1.82, 2.24) is 4.90 Å². The lowest BCUT2D eigenvalue weighted by atomic mass is 10.3. The Balaban J connectivity index is 3.66. The molecule has 0 unspecified atom stereocenters. The minimum Gasteiger partial charge on any atom is -0.309 e. The molecule has 0 amide bonds. The van der Waals surface area contributed by atoms with Gasteiger partial charge in [0.05, 0.1) is 16.7 Å². The molecule has 0 aromatic rings. The maximum absolute atomic E-state index is 11.6. The molecule has 0 aliphatic rings. The van der Waals surface area contributed by atoms with Crippen molar-refractivity contribution in [1.29, 1.82) is 0 Å². The van der Waals surface area contributed by atoms with Gasteiger partial charge in [0, 0.05) is 6.54 Å². The molecule has 4 nitrogen and oxygen atoms in total. The number of nitrogens with zero attached hydrogens (tertiary/aromatic N) is 2. The van der Waals surface area contributed by atoms with Crippen LogP contribution in [0, 0.1) is 0 Å². The number of sulfone groups is 1. The van der Waals surface area contributed by atoms with Gasteiger partial charge in [0.2, 0.25) is 0 Å². The molecule has 0 fully saturated rings. The lowest BCUT2D eigenvalue weighted by molar-refractivity contribution is 0.408. The molecule has 0 aliphatic carbocycles. The number of rotatable bonds is 9. The number of hydrogen-bond acceptors (Lipinski definition) is 5. The fourth-order valence-electron chi connectivity index (χ4n) is 1.26. The summed E-state index contributed by atoms with van der Waals surface area (Å²) >= 11 is 4.42. The van der Waals surface area contributed by atoms with Crippen LogP contribution < -0.4 is 0 Å². The van der Waals surface area contributed by atoms with Crippen molar-refractivity contribution in [3.63, 3.8) is 0 Å². The second-order valence-corrected chi connectivity index (χ2v) is 6.47. The molecule has 0 saturated heterocycles. The molecule has 0 aromatic heterocycles. The molecule has 0 spiro atoms. The van der Waals surface area contributed by atoms with E-state index in [1.807, 2.05) is 19.0 Å². The highest BCUT2D eigenvalue weighted by atomic mass is 32.2. The van der Waals surface area contributed by atoms with Crippen LogP contribution in [0.25, 0.3) is 0 Å². The van der Waals surface area contributed by atoms with E-state index in [0.717, 1.165) is 13.0 Å². The Morgan fingerprint density at radius 1 is 1.19 bits per heavy atom. The van der Waals surface area contributed by atoms with Gasteiger partial charge in [-0.05, 0) is 52.1 Å². The third-order valence-corrected chi connectivity index (χ3v) is 4.05. The molecule has 0 radical (unpaired) electrons. The zero-order valence-electron chi connectivity index (χ0n) is 9.98. The average Bonchev–Trinajstić information content (AvgIpc) is 2.16. The molecule has 0 bridgehead atoms. The number of hydrogen-bond donors (Lipinski definition) is 0. The molecule has 0 N–H and O–H groups in total. The van der Waals surface area contributed by atoms with E-state index in [0.29, 0.717) is 19.4 Å². The summed E-state index contributed by atoms with van der Waals surface area (Å²) in [6.07, 6.45) is 2.12. The van der Waals surface area contributed by atoms with Crippen LogP contribution in [0.3, 0.4) is 0 Å². The largest absolute Gasteiger partial charge is 0.309 e. The third kappa shape index (κ3) is 10.2. The van der Waals surface area contributed by atoms with Gasteiger partial charge in [0.1, 0.15) is 9.84 Å². The fourth-order valence-corrected chi connectivity index (χ4v) is 2.77. The van der Waals surface area contributed by atoms with Crippen LogP contribution >= 0.6 is 12.2 Å². The molecular weight excluding hydrogens is 244 g/mol. The van der Waals surface area contributed by atoms with Crippen molar-refractivity contribution in [2.24, 2.45) is 4.99 Å². The van der Waals surface area contributed by atoms with Crippen LogP contribution in [-0.2, 0) is 9.84 Å². The van der Waals surface area contributed by atoms with Crippen LogP contribution in [0.15, 0.2) is 4.99 Å². The molecule has 0 heterocycles. The maximum atomic E-state index is 11.6. The smallest absolute Gasteiger partial charge is 0.150 e. The van der Waals surface area contributed by atoms with Crippen LogP contribution in [0.5, 0.6) is 0 Å². The number of isothiocyanates is 1. The van der Waals surface area contributed by atoms with Crippen molar-refractivity contribution >= 4 is 27.2 Å². The first-order chi connectivity index (χ1) is 7.48. The molecule has 0 atom stereocenters. The van der Waals surface area contributed by atoms with Gasteiger partial charge >= 0.3 is 0 Å². The number of aliphatic imine (C=N–C) groups is 1. The molecular formula is C10H20N2O2S2. The summed E-state index contributed by atoms with van der Waals surface area (Å²) in [5, 5.41) is 2.27. The predicted molar refractivity (Wildman–Crippen MR) is 71.0 cm³/mol. The van der Waals surface area contributed by atoms with Crippen molar-refractivity contribution in [3.8, 4) is 0 Å². The normalized spacial score (nSPS) is 11.4. The monoisotopic (exact) mass is 264 g/mol. The van der Waals surface area contributed by atoms with Gasteiger partial charge in [0.15, 0.2) is 0 Å². The van der Waals surface area contributed by atoms with E-state index in [-0.39, 0.29) is 11.5 Å². The van der Waals surface area contributed by atoms with Gasteiger partial charge in [-0.2, -0.15) is 0 Å². The van der Waals surface area contributed by atoms with Gasteiger partial charge < -0.3 is 4.90 Å². The van der Waals surface area contributed by atoms with E-state index in [1.165, 1.54) is 0 Å². The van der Waals surface area contributed by atoms with Crippen molar-refractivity contribution < 1.29 is 8.42 Å². The minimum atomic E-state index is -2.88. The van der Waals surface area contributed by atoms with Crippen molar-refractivity contribution in [2.75, 3.05) is 38.7 Å². The summed E-state index contributed by atoms with van der Waals surface area (Å²) in [6, 6.07) is 0. The molecule has 0 rings (SSSR count). The van der Waals surface area contributed by atoms with E-state index in [2.05, 4.69) is 22.4 Å². The SMILES string of the molecule is CN(C)CCCS(=O)(=O)CCCCN=C=S. The Morgan fingerprint density at radius 2 is 1.81 bits per heavy atom. The van der Waals surface area contributed by atoms with E-state index in [4.69, 9.17) is 0 Å². The highest BCUT2D eigenvalue weighted by Crippen LogP contribution is 2.00. The second-order valence-electron chi connectivity index (χ2n) is 3.99. The van der Waals surface area contributed by atoms with Gasteiger partial charge in [-0.15, -0.1) is 0 Å². The minimum absolute atomic E-state index is 0.257. The first-order valence-corrected chi connectivity index (χ1v) is 7.59. The number of thiocarbonyl (C=S) groups is 1. The van der Waals surface area contributed by atoms with Crippen molar-refractivity contribution in [2.45, 2.75) is 19.3 Å². The lowest BCUT2D eigenvalue weighted by Gasteiger charge is -2.09. The molecule has 0 saturated carbocycles. The van der Waals surface area contributed by atoms with Crippen LogP contribution in [0.2, 0.25) is 0 Å². The maximum Gasteiger partial charge on any atom is 0.150 e. The summed E-state index contributed by atoms with van der Waals surface area (Å²) in [7, 11) is 1.00. The fraction of sp³-hybridized carbons (Fsp3) is 0.900. The van der Waals surface area contributed by atoms with Gasteiger partial charge in [0.25, 0.3) is 0 Å². The topological polar surface area (TPSA) is 49.7 Å². The van der Waals surface area contributed by atoms with E-state index < -0.39 is 9.84 Å². The van der Waals surface area contributed by atoms with E-state index in [9.17, 15) is 8.42 Å².